The van der Waals surface area contributed by atoms with Gasteiger partial charge in [0.05, 0.1) is 17.8 Å². The van der Waals surface area contributed by atoms with Crippen LogP contribution < -0.4 is 10.0 Å². The Morgan fingerprint density at radius 3 is 2.62 bits per heavy atom. The van der Waals surface area contributed by atoms with Crippen LogP contribution in [0, 0.1) is 5.82 Å². The third kappa shape index (κ3) is 5.47. The molecule has 0 aliphatic heterocycles. The minimum absolute atomic E-state index is 0.0920. The summed E-state index contributed by atoms with van der Waals surface area (Å²) in [4.78, 5) is 11.2. The number of hydrogen-bond acceptors (Lipinski definition) is 3. The van der Waals surface area contributed by atoms with Gasteiger partial charge >= 0.3 is 6.09 Å². The van der Waals surface area contributed by atoms with Gasteiger partial charge in [-0.2, -0.15) is 0 Å². The van der Waals surface area contributed by atoms with Gasteiger partial charge in [-0.25, -0.2) is 22.5 Å². The maximum absolute atomic E-state index is 14.2. The van der Waals surface area contributed by atoms with Gasteiger partial charge in [-0.3, -0.25) is 0 Å². The summed E-state index contributed by atoms with van der Waals surface area (Å²) in [5.41, 5.74) is -1.35. The summed E-state index contributed by atoms with van der Waals surface area (Å²) < 4.78 is 34.1. The van der Waals surface area contributed by atoms with Crippen molar-refractivity contribution in [1.29, 1.82) is 0 Å². The maximum Gasteiger partial charge on any atom is 0.405 e. The lowest BCUT2D eigenvalue weighted by Gasteiger charge is -2.31. The van der Waals surface area contributed by atoms with Crippen LogP contribution in [0.25, 0.3) is 0 Å². The van der Waals surface area contributed by atoms with Crippen molar-refractivity contribution in [2.75, 3.05) is 18.8 Å². The largest absolute Gasteiger partial charge is 0.465 e. The van der Waals surface area contributed by atoms with Crippen LogP contribution >= 0.6 is 0 Å². The van der Waals surface area contributed by atoms with E-state index in [4.69, 9.17) is 5.11 Å². The predicted molar refractivity (Wildman–Crippen MR) is 93.6 cm³/mol. The first-order valence-corrected chi connectivity index (χ1v) is 8.88. The second-order valence-corrected chi connectivity index (χ2v) is 7.38. The molecule has 0 saturated heterocycles. The molecule has 2 unspecified atom stereocenters. The Morgan fingerprint density at radius 2 is 2.08 bits per heavy atom. The van der Waals surface area contributed by atoms with Gasteiger partial charge in [0.1, 0.15) is 15.7 Å². The van der Waals surface area contributed by atoms with Crippen molar-refractivity contribution < 1.29 is 18.5 Å². The molecule has 1 aromatic rings. The lowest BCUT2D eigenvalue weighted by Crippen LogP contribution is -2.50. The average molecular weight is 355 g/mol. The van der Waals surface area contributed by atoms with Crippen molar-refractivity contribution in [1.82, 2.24) is 10.0 Å². The number of benzene rings is 1. The molecule has 0 fully saturated rings. The molecule has 1 amide bonds. The molecule has 0 radical (unpaired) electrons. The Labute approximate surface area is 141 Å². The Balaban J connectivity index is 3.36. The molecule has 3 N–H and O–H groups in total. The average Bonchev–Trinajstić information content (AvgIpc) is 2.50. The first-order valence-electron chi connectivity index (χ1n) is 7.19. The first kappa shape index (κ1) is 19.9. The van der Waals surface area contributed by atoms with E-state index < -0.39 is 27.4 Å². The Morgan fingerprint density at radius 1 is 1.42 bits per heavy atom. The SMILES string of the molecule is C=CCN=S(=O)(CC(C)(NC(=O)O)c1ccccc1F)NCC=C. The van der Waals surface area contributed by atoms with Crippen LogP contribution in [-0.2, 0) is 15.5 Å². The number of carboxylic acid groups (broad SMARTS) is 1. The highest BCUT2D eigenvalue weighted by Crippen LogP contribution is 2.26. The highest BCUT2D eigenvalue weighted by molar-refractivity contribution is 7.91. The fraction of sp³-hybridized carbons (Fsp3) is 0.312. The maximum atomic E-state index is 14.2. The van der Waals surface area contributed by atoms with E-state index >= 15 is 0 Å². The summed E-state index contributed by atoms with van der Waals surface area (Å²) in [6.07, 6.45) is 1.63. The zero-order valence-corrected chi connectivity index (χ0v) is 14.3. The molecular formula is C16H22FN3O3S. The second-order valence-electron chi connectivity index (χ2n) is 5.26. The molecule has 24 heavy (non-hydrogen) atoms. The zero-order chi connectivity index (χ0) is 18.2. The number of nitrogens with one attached hydrogen (secondary N) is 2. The number of carbonyl (C=O) groups is 1. The van der Waals surface area contributed by atoms with Crippen molar-refractivity contribution in [3.8, 4) is 0 Å². The van der Waals surface area contributed by atoms with E-state index in [9.17, 15) is 13.4 Å². The van der Waals surface area contributed by atoms with Crippen molar-refractivity contribution in [3.63, 3.8) is 0 Å². The standard InChI is InChI=1S/C16H22FN3O3S/c1-4-10-18-24(23,19-11-5-2)12-16(3,20-15(21)22)13-8-6-7-9-14(13)17/h4-9,20H,1-2,10-12H2,3H3,(H,21,22)(H,18,19,23). The Bertz CT molecular complexity index is 729. The highest BCUT2D eigenvalue weighted by Gasteiger charge is 2.35. The molecule has 0 saturated carbocycles. The molecule has 0 bridgehead atoms. The van der Waals surface area contributed by atoms with E-state index in [1.807, 2.05) is 0 Å². The molecule has 0 heterocycles. The van der Waals surface area contributed by atoms with E-state index in [0.29, 0.717) is 0 Å². The van der Waals surface area contributed by atoms with Gasteiger partial charge in [-0.15, -0.1) is 13.2 Å². The minimum atomic E-state index is -3.04. The van der Waals surface area contributed by atoms with Gasteiger partial charge in [-0.1, -0.05) is 30.4 Å². The lowest BCUT2D eigenvalue weighted by atomic mass is 9.94. The molecule has 8 heteroatoms. The molecule has 2 atom stereocenters. The summed E-state index contributed by atoms with van der Waals surface area (Å²) in [6, 6.07) is 5.75. The van der Waals surface area contributed by atoms with Crippen molar-refractivity contribution >= 4 is 16.0 Å². The van der Waals surface area contributed by atoms with Gasteiger partial charge in [0, 0.05) is 12.1 Å². The summed E-state index contributed by atoms with van der Waals surface area (Å²) >= 11 is 0. The van der Waals surface area contributed by atoms with Gasteiger partial charge < -0.3 is 10.4 Å². The predicted octanol–water partition coefficient (Wildman–Crippen LogP) is 2.65. The Kier molecular flexibility index (Phi) is 7.12. The van der Waals surface area contributed by atoms with Crippen molar-refractivity contribution in [2.24, 2.45) is 4.36 Å². The van der Waals surface area contributed by atoms with Crippen LogP contribution in [0.4, 0.5) is 9.18 Å². The molecule has 0 spiro atoms. The third-order valence-corrected chi connectivity index (χ3v) is 5.35. The van der Waals surface area contributed by atoms with E-state index in [0.717, 1.165) is 0 Å². The molecule has 1 rings (SSSR count). The molecule has 0 aliphatic carbocycles. The quantitative estimate of drug-likeness (QED) is 0.595. The van der Waals surface area contributed by atoms with E-state index in [1.165, 1.54) is 37.3 Å². The fourth-order valence-corrected chi connectivity index (χ4v) is 4.24. The van der Waals surface area contributed by atoms with Crippen LogP contribution in [0.2, 0.25) is 0 Å². The van der Waals surface area contributed by atoms with Gasteiger partial charge in [-0.05, 0) is 13.0 Å². The van der Waals surface area contributed by atoms with E-state index in [1.54, 1.807) is 6.07 Å². The molecule has 132 valence electrons. The fourth-order valence-electron chi connectivity index (χ4n) is 2.22. The number of rotatable bonds is 9. The summed E-state index contributed by atoms with van der Waals surface area (Å²) in [6.45, 7) is 8.86. The summed E-state index contributed by atoms with van der Waals surface area (Å²) in [5.74, 6) is -0.850. The Hall–Kier alpha value is -2.19. The van der Waals surface area contributed by atoms with Gasteiger partial charge in [0.15, 0.2) is 0 Å². The molecule has 6 nitrogen and oxygen atoms in total. The smallest absolute Gasteiger partial charge is 0.405 e. The third-order valence-electron chi connectivity index (χ3n) is 3.20. The molecule has 0 aromatic heterocycles. The van der Waals surface area contributed by atoms with Crippen LogP contribution in [0.5, 0.6) is 0 Å². The number of hydrogen-bond donors (Lipinski definition) is 3. The minimum Gasteiger partial charge on any atom is -0.465 e. The molecule has 0 aliphatic rings. The first-order chi connectivity index (χ1) is 11.3. The zero-order valence-electron chi connectivity index (χ0n) is 13.5. The highest BCUT2D eigenvalue weighted by atomic mass is 32.2. The lowest BCUT2D eigenvalue weighted by molar-refractivity contribution is 0.182. The van der Waals surface area contributed by atoms with E-state index in [-0.39, 0.29) is 24.4 Å². The van der Waals surface area contributed by atoms with Crippen molar-refractivity contribution in [2.45, 2.75) is 12.5 Å². The normalized spacial score (nSPS) is 15.6. The summed E-state index contributed by atoms with van der Waals surface area (Å²) in [5, 5.41) is 11.4. The number of nitrogens with zero attached hydrogens (tertiary/aromatic N) is 1. The van der Waals surface area contributed by atoms with E-state index in [2.05, 4.69) is 27.6 Å². The molecule has 1 aromatic carbocycles. The monoisotopic (exact) mass is 355 g/mol. The summed E-state index contributed by atoms with van der Waals surface area (Å²) in [7, 11) is -3.04. The topological polar surface area (TPSA) is 90.8 Å². The molecular weight excluding hydrogens is 333 g/mol. The van der Waals surface area contributed by atoms with Crippen LogP contribution in [0.15, 0.2) is 53.9 Å². The van der Waals surface area contributed by atoms with Crippen molar-refractivity contribution in [3.05, 3.63) is 61.0 Å². The number of amides is 1. The second kappa shape index (κ2) is 8.60. The van der Waals surface area contributed by atoms with Gasteiger partial charge in [0.25, 0.3) is 0 Å². The van der Waals surface area contributed by atoms with Crippen LogP contribution in [0.3, 0.4) is 0 Å². The van der Waals surface area contributed by atoms with Crippen LogP contribution in [0.1, 0.15) is 12.5 Å². The van der Waals surface area contributed by atoms with Gasteiger partial charge in [0.2, 0.25) is 0 Å². The number of halogens is 1. The van der Waals surface area contributed by atoms with Crippen LogP contribution in [-0.4, -0.2) is 34.3 Å².